The first-order chi connectivity index (χ1) is 11.3. The molecule has 5 nitrogen and oxygen atoms in total. The monoisotopic (exact) mass is 327 g/mol. The van der Waals surface area contributed by atoms with E-state index >= 15 is 0 Å². The fraction of sp³-hybridized carbons (Fsp3) is 0.263. The fourth-order valence-corrected chi connectivity index (χ4v) is 2.63. The van der Waals surface area contributed by atoms with E-state index < -0.39 is 11.4 Å². The molecule has 2 aromatic carbocycles. The lowest BCUT2D eigenvalue weighted by atomic mass is 9.81. The second-order valence-corrected chi connectivity index (χ2v) is 6.11. The van der Waals surface area contributed by atoms with Crippen LogP contribution in [0.15, 0.2) is 42.5 Å². The van der Waals surface area contributed by atoms with Gasteiger partial charge in [-0.2, -0.15) is 0 Å². The van der Waals surface area contributed by atoms with Crippen LogP contribution < -0.4 is 10.1 Å². The van der Waals surface area contributed by atoms with Gasteiger partial charge in [-0.15, -0.1) is 0 Å². The Hall–Kier alpha value is -2.82. The Labute approximate surface area is 141 Å². The Kier molecular flexibility index (Phi) is 4.93. The van der Waals surface area contributed by atoms with Gasteiger partial charge in [-0.3, -0.25) is 4.79 Å². The lowest BCUT2D eigenvalue weighted by molar-refractivity contribution is -0.120. The van der Waals surface area contributed by atoms with E-state index in [1.54, 1.807) is 6.07 Å². The van der Waals surface area contributed by atoms with E-state index in [2.05, 4.69) is 5.32 Å². The molecule has 2 N–H and O–H groups in total. The van der Waals surface area contributed by atoms with Crippen molar-refractivity contribution in [2.45, 2.75) is 26.2 Å². The van der Waals surface area contributed by atoms with E-state index in [1.807, 2.05) is 45.0 Å². The van der Waals surface area contributed by atoms with Crippen LogP contribution in [0, 0.1) is 6.92 Å². The summed E-state index contributed by atoms with van der Waals surface area (Å²) in [5.41, 5.74) is 1.79. The van der Waals surface area contributed by atoms with Crippen molar-refractivity contribution in [3.63, 3.8) is 0 Å². The number of methoxy groups -OCH3 is 1. The number of nitrogens with one attached hydrogen (secondary N) is 1. The smallest absolute Gasteiger partial charge is 0.339 e. The zero-order chi connectivity index (χ0) is 17.9. The Morgan fingerprint density at radius 2 is 1.79 bits per heavy atom. The number of aryl methyl sites for hydroxylation is 1. The molecule has 0 heterocycles. The Morgan fingerprint density at radius 1 is 1.12 bits per heavy atom. The summed E-state index contributed by atoms with van der Waals surface area (Å²) in [6, 6.07) is 12.2. The summed E-state index contributed by atoms with van der Waals surface area (Å²) >= 11 is 0. The lowest BCUT2D eigenvalue weighted by Gasteiger charge is -2.26. The maximum absolute atomic E-state index is 12.7. The van der Waals surface area contributed by atoms with Crippen LogP contribution in [0.1, 0.15) is 35.3 Å². The molecule has 2 rings (SSSR count). The Bertz CT molecular complexity index is 781. The minimum atomic E-state index is -1.08. The van der Waals surface area contributed by atoms with Crippen molar-refractivity contribution < 1.29 is 19.4 Å². The second-order valence-electron chi connectivity index (χ2n) is 6.11. The standard InChI is InChI=1S/C19H21NO4/c1-12-7-5-6-8-15(12)19(2,3)18(23)20-13-9-10-14(17(21)22)16(11-13)24-4/h5-11H,1-4H3,(H,20,23)(H,21,22). The van der Waals surface area contributed by atoms with Gasteiger partial charge in [0.25, 0.3) is 0 Å². The molecule has 0 aliphatic rings. The third-order valence-electron chi connectivity index (χ3n) is 4.08. The topological polar surface area (TPSA) is 75.6 Å². The number of benzene rings is 2. The van der Waals surface area contributed by atoms with Gasteiger partial charge in [0.15, 0.2) is 0 Å². The highest BCUT2D eigenvalue weighted by Gasteiger charge is 2.31. The third kappa shape index (κ3) is 3.40. The average Bonchev–Trinajstić information content (AvgIpc) is 2.54. The predicted octanol–water partition coefficient (Wildman–Crippen LogP) is 3.62. The second kappa shape index (κ2) is 6.74. The van der Waals surface area contributed by atoms with Gasteiger partial charge in [-0.05, 0) is 44.0 Å². The van der Waals surface area contributed by atoms with Crippen LogP contribution in [-0.4, -0.2) is 24.1 Å². The molecule has 2 aromatic rings. The van der Waals surface area contributed by atoms with Crippen molar-refractivity contribution >= 4 is 17.6 Å². The van der Waals surface area contributed by atoms with Gasteiger partial charge < -0.3 is 15.2 Å². The van der Waals surface area contributed by atoms with Gasteiger partial charge in [-0.25, -0.2) is 4.79 Å². The summed E-state index contributed by atoms with van der Waals surface area (Å²) in [4.78, 5) is 23.9. The highest BCUT2D eigenvalue weighted by molar-refractivity contribution is 5.99. The van der Waals surface area contributed by atoms with E-state index in [0.29, 0.717) is 5.69 Å². The minimum Gasteiger partial charge on any atom is -0.496 e. The predicted molar refractivity (Wildman–Crippen MR) is 92.8 cm³/mol. The molecule has 5 heteroatoms. The molecular weight excluding hydrogens is 306 g/mol. The van der Waals surface area contributed by atoms with Gasteiger partial charge in [0.2, 0.25) is 5.91 Å². The number of ether oxygens (including phenoxy) is 1. The number of carbonyl (C=O) groups excluding carboxylic acids is 1. The van der Waals surface area contributed by atoms with Crippen molar-refractivity contribution in [1.29, 1.82) is 0 Å². The summed E-state index contributed by atoms with van der Waals surface area (Å²) in [5.74, 6) is -1.05. The molecule has 0 bridgehead atoms. The van der Waals surface area contributed by atoms with E-state index in [0.717, 1.165) is 11.1 Å². The summed E-state index contributed by atoms with van der Waals surface area (Å²) < 4.78 is 5.09. The van der Waals surface area contributed by atoms with Crippen LogP contribution in [-0.2, 0) is 10.2 Å². The summed E-state index contributed by atoms with van der Waals surface area (Å²) in [7, 11) is 1.39. The molecule has 0 aliphatic heterocycles. The molecule has 0 saturated carbocycles. The summed E-state index contributed by atoms with van der Waals surface area (Å²) in [6.45, 7) is 5.68. The van der Waals surface area contributed by atoms with E-state index in [9.17, 15) is 9.59 Å². The number of carboxylic acids is 1. The third-order valence-corrected chi connectivity index (χ3v) is 4.08. The zero-order valence-corrected chi connectivity index (χ0v) is 14.2. The van der Waals surface area contributed by atoms with Crippen molar-refractivity contribution in [3.05, 3.63) is 59.2 Å². The number of amides is 1. The average molecular weight is 327 g/mol. The van der Waals surface area contributed by atoms with Gasteiger partial charge in [-0.1, -0.05) is 24.3 Å². The van der Waals surface area contributed by atoms with Crippen LogP contribution in [0.2, 0.25) is 0 Å². The minimum absolute atomic E-state index is 0.0497. The summed E-state index contributed by atoms with van der Waals surface area (Å²) in [5, 5.41) is 11.9. The summed E-state index contributed by atoms with van der Waals surface area (Å²) in [6.07, 6.45) is 0. The molecule has 0 unspecified atom stereocenters. The molecule has 0 atom stereocenters. The maximum atomic E-state index is 12.7. The van der Waals surface area contributed by atoms with Crippen molar-refractivity contribution in [2.75, 3.05) is 12.4 Å². The van der Waals surface area contributed by atoms with Gasteiger partial charge >= 0.3 is 5.97 Å². The van der Waals surface area contributed by atoms with Crippen LogP contribution in [0.25, 0.3) is 0 Å². The number of anilines is 1. The molecular formula is C19H21NO4. The van der Waals surface area contributed by atoms with E-state index in [1.165, 1.54) is 19.2 Å². The number of hydrogen-bond acceptors (Lipinski definition) is 3. The Balaban J connectivity index is 2.29. The van der Waals surface area contributed by atoms with Crippen LogP contribution >= 0.6 is 0 Å². The highest BCUT2D eigenvalue weighted by atomic mass is 16.5. The molecule has 0 fully saturated rings. The number of carbonyl (C=O) groups is 2. The largest absolute Gasteiger partial charge is 0.496 e. The quantitative estimate of drug-likeness (QED) is 0.879. The van der Waals surface area contributed by atoms with Gasteiger partial charge in [0, 0.05) is 11.8 Å². The van der Waals surface area contributed by atoms with E-state index in [4.69, 9.17) is 9.84 Å². The van der Waals surface area contributed by atoms with E-state index in [-0.39, 0.29) is 17.2 Å². The van der Waals surface area contributed by atoms with Crippen LogP contribution in [0.4, 0.5) is 5.69 Å². The van der Waals surface area contributed by atoms with Crippen LogP contribution in [0.5, 0.6) is 5.75 Å². The first-order valence-corrected chi connectivity index (χ1v) is 7.56. The molecule has 0 saturated heterocycles. The number of rotatable bonds is 5. The van der Waals surface area contributed by atoms with Gasteiger partial charge in [0.1, 0.15) is 11.3 Å². The normalized spacial score (nSPS) is 11.0. The molecule has 24 heavy (non-hydrogen) atoms. The maximum Gasteiger partial charge on any atom is 0.339 e. The molecule has 126 valence electrons. The number of carboxylic acid groups (broad SMARTS) is 1. The molecule has 1 amide bonds. The number of aromatic carboxylic acids is 1. The highest BCUT2D eigenvalue weighted by Crippen LogP contribution is 2.29. The first kappa shape index (κ1) is 17.5. The fourth-order valence-electron chi connectivity index (χ4n) is 2.63. The number of hydrogen-bond donors (Lipinski definition) is 2. The molecule has 0 spiro atoms. The SMILES string of the molecule is COc1cc(NC(=O)C(C)(C)c2ccccc2C)ccc1C(=O)O. The molecule has 0 aliphatic carbocycles. The molecule has 0 aromatic heterocycles. The van der Waals surface area contributed by atoms with Crippen molar-refractivity contribution in [1.82, 2.24) is 0 Å². The Morgan fingerprint density at radius 3 is 2.38 bits per heavy atom. The van der Waals surface area contributed by atoms with Crippen molar-refractivity contribution in [3.8, 4) is 5.75 Å². The van der Waals surface area contributed by atoms with Crippen molar-refractivity contribution in [2.24, 2.45) is 0 Å². The first-order valence-electron chi connectivity index (χ1n) is 7.56. The van der Waals surface area contributed by atoms with Gasteiger partial charge in [0.05, 0.1) is 12.5 Å². The molecule has 0 radical (unpaired) electrons. The zero-order valence-electron chi connectivity index (χ0n) is 14.2. The lowest BCUT2D eigenvalue weighted by Crippen LogP contribution is -2.35. The van der Waals surface area contributed by atoms with Crippen LogP contribution in [0.3, 0.4) is 0 Å².